The number of aliphatic hydroxyl groups excluding tert-OH is 1. The zero-order valence-electron chi connectivity index (χ0n) is 12.4. The fourth-order valence-electron chi connectivity index (χ4n) is 2.86. The largest absolute Gasteiger partial charge is 0.395 e. The quantitative estimate of drug-likeness (QED) is 0.851. The minimum absolute atomic E-state index is 0.138. The van der Waals surface area contributed by atoms with Gasteiger partial charge in [0.25, 0.3) is 0 Å². The molecule has 108 valence electrons. The number of likely N-dealkylation sites (tertiary alicyclic amines) is 1. The fraction of sp³-hybridized carbons (Fsp3) is 0.556. The van der Waals surface area contributed by atoms with Crippen LogP contribution in [0.5, 0.6) is 0 Å². The van der Waals surface area contributed by atoms with Crippen LogP contribution in [-0.4, -0.2) is 29.7 Å². The molecule has 0 aromatic heterocycles. The minimum Gasteiger partial charge on any atom is -0.395 e. The Hall–Kier alpha value is -1.30. The molecule has 0 spiro atoms. The van der Waals surface area contributed by atoms with Crippen molar-refractivity contribution in [2.75, 3.05) is 19.7 Å². The molecular weight excluding hydrogens is 246 g/mol. The molecule has 1 aromatic carbocycles. The maximum Gasteiger partial charge on any atom is 0.0540 e. The average molecular weight is 271 g/mol. The first-order valence-electron chi connectivity index (χ1n) is 7.73. The maximum absolute atomic E-state index is 8.82. The lowest BCUT2D eigenvalue weighted by Crippen LogP contribution is -2.34. The van der Waals surface area contributed by atoms with Crippen LogP contribution in [0.3, 0.4) is 0 Å². The summed E-state index contributed by atoms with van der Waals surface area (Å²) in [6, 6.07) is 8.39. The number of aliphatic hydroxyl groups is 1. The van der Waals surface area contributed by atoms with Crippen LogP contribution >= 0.6 is 0 Å². The van der Waals surface area contributed by atoms with Crippen molar-refractivity contribution in [1.82, 2.24) is 4.90 Å². The van der Waals surface area contributed by atoms with Gasteiger partial charge < -0.3 is 5.11 Å². The van der Waals surface area contributed by atoms with Gasteiger partial charge in [0.1, 0.15) is 0 Å². The molecule has 0 amide bonds. The molecule has 20 heavy (non-hydrogen) atoms. The molecule has 0 aliphatic carbocycles. The van der Waals surface area contributed by atoms with E-state index in [9.17, 15) is 0 Å². The van der Waals surface area contributed by atoms with E-state index in [1.807, 2.05) is 6.07 Å². The van der Waals surface area contributed by atoms with E-state index < -0.39 is 0 Å². The first kappa shape index (κ1) is 15.1. The van der Waals surface area contributed by atoms with E-state index in [4.69, 9.17) is 5.11 Å². The second kappa shape index (κ2) is 8.09. The molecule has 1 fully saturated rings. The van der Waals surface area contributed by atoms with Crippen molar-refractivity contribution in [3.63, 3.8) is 0 Å². The molecule has 1 aliphatic rings. The number of nitrogens with zero attached hydrogens (tertiary/aromatic N) is 1. The maximum atomic E-state index is 8.82. The highest BCUT2D eigenvalue weighted by Crippen LogP contribution is 2.21. The van der Waals surface area contributed by atoms with Gasteiger partial charge in [-0.1, -0.05) is 43.4 Å². The number of hydrogen-bond acceptors (Lipinski definition) is 2. The lowest BCUT2D eigenvalue weighted by atomic mass is 9.95. The van der Waals surface area contributed by atoms with Crippen LogP contribution in [0, 0.1) is 17.8 Å². The Morgan fingerprint density at radius 3 is 3.00 bits per heavy atom. The Balaban J connectivity index is 2.03. The van der Waals surface area contributed by atoms with Crippen molar-refractivity contribution in [2.45, 2.75) is 39.2 Å². The molecule has 1 saturated heterocycles. The van der Waals surface area contributed by atoms with Crippen LogP contribution in [0.1, 0.15) is 43.7 Å². The minimum atomic E-state index is 0.138. The van der Waals surface area contributed by atoms with Gasteiger partial charge in [-0.2, -0.15) is 0 Å². The average Bonchev–Trinajstić information content (AvgIpc) is 2.49. The number of benzene rings is 1. The number of hydrogen-bond donors (Lipinski definition) is 1. The lowest BCUT2D eigenvalue weighted by Gasteiger charge is -2.32. The van der Waals surface area contributed by atoms with Crippen molar-refractivity contribution < 1.29 is 5.11 Å². The van der Waals surface area contributed by atoms with Gasteiger partial charge in [-0.05, 0) is 36.9 Å². The predicted octanol–water partition coefficient (Wildman–Crippen LogP) is 3.04. The summed E-state index contributed by atoms with van der Waals surface area (Å²) in [4.78, 5) is 2.56. The van der Waals surface area contributed by atoms with Gasteiger partial charge in [0.05, 0.1) is 6.61 Å². The van der Waals surface area contributed by atoms with Gasteiger partial charge in [-0.25, -0.2) is 0 Å². The van der Waals surface area contributed by atoms with Crippen LogP contribution in [0.4, 0.5) is 0 Å². The number of rotatable bonds is 4. The Bertz CT molecular complexity index is 472. The van der Waals surface area contributed by atoms with Crippen molar-refractivity contribution in [1.29, 1.82) is 0 Å². The summed E-state index contributed by atoms with van der Waals surface area (Å²) in [5.74, 6) is 7.08. The van der Waals surface area contributed by atoms with E-state index in [1.54, 1.807) is 0 Å². The van der Waals surface area contributed by atoms with E-state index in [0.29, 0.717) is 6.42 Å². The molecule has 2 nitrogen and oxygen atoms in total. The van der Waals surface area contributed by atoms with E-state index in [0.717, 1.165) is 18.0 Å². The Kier molecular flexibility index (Phi) is 6.11. The summed E-state index contributed by atoms with van der Waals surface area (Å²) < 4.78 is 0. The van der Waals surface area contributed by atoms with Crippen LogP contribution in [-0.2, 0) is 6.54 Å². The third-order valence-electron chi connectivity index (χ3n) is 4.05. The summed E-state index contributed by atoms with van der Waals surface area (Å²) in [6.07, 6.45) is 4.53. The van der Waals surface area contributed by atoms with Crippen molar-refractivity contribution in [3.8, 4) is 11.8 Å². The zero-order valence-corrected chi connectivity index (χ0v) is 12.4. The highest BCUT2D eigenvalue weighted by atomic mass is 16.2. The second-order valence-corrected chi connectivity index (χ2v) is 5.58. The Labute approximate surface area is 122 Å². The first-order valence-corrected chi connectivity index (χ1v) is 7.73. The summed E-state index contributed by atoms with van der Waals surface area (Å²) in [5.41, 5.74) is 2.43. The normalized spacial score (nSPS) is 19.4. The molecule has 1 aliphatic heterocycles. The molecule has 1 aromatic rings. The van der Waals surface area contributed by atoms with Crippen molar-refractivity contribution in [3.05, 3.63) is 35.4 Å². The molecule has 1 N–H and O–H groups in total. The second-order valence-electron chi connectivity index (χ2n) is 5.58. The summed E-state index contributed by atoms with van der Waals surface area (Å²) in [7, 11) is 0. The third-order valence-corrected chi connectivity index (χ3v) is 4.05. The Morgan fingerprint density at radius 2 is 2.20 bits per heavy atom. The Morgan fingerprint density at radius 1 is 1.35 bits per heavy atom. The smallest absolute Gasteiger partial charge is 0.0540 e. The van der Waals surface area contributed by atoms with Gasteiger partial charge in [0.2, 0.25) is 0 Å². The van der Waals surface area contributed by atoms with Crippen LogP contribution < -0.4 is 0 Å². The van der Waals surface area contributed by atoms with Gasteiger partial charge in [-0.3, -0.25) is 4.90 Å². The number of piperidine rings is 1. The standard InChI is InChI=1S/C18H25NO/c1-2-16-8-7-12-19(14-16)15-18-11-4-3-9-17(18)10-5-6-13-20/h3-4,9,11,16,20H,2,6-8,12-15H2,1H3. The van der Waals surface area contributed by atoms with E-state index in [-0.39, 0.29) is 6.61 Å². The van der Waals surface area contributed by atoms with Crippen molar-refractivity contribution in [2.24, 2.45) is 5.92 Å². The molecule has 0 saturated carbocycles. The van der Waals surface area contributed by atoms with E-state index >= 15 is 0 Å². The molecule has 1 unspecified atom stereocenters. The van der Waals surface area contributed by atoms with Gasteiger partial charge in [0.15, 0.2) is 0 Å². The lowest BCUT2D eigenvalue weighted by molar-refractivity contribution is 0.164. The molecule has 2 rings (SSSR count). The summed E-state index contributed by atoms with van der Waals surface area (Å²) >= 11 is 0. The topological polar surface area (TPSA) is 23.5 Å². The molecule has 0 bridgehead atoms. The predicted molar refractivity (Wildman–Crippen MR) is 83.3 cm³/mol. The van der Waals surface area contributed by atoms with Crippen LogP contribution in [0.2, 0.25) is 0 Å². The third kappa shape index (κ3) is 4.37. The van der Waals surface area contributed by atoms with Crippen LogP contribution in [0.15, 0.2) is 24.3 Å². The first-order chi connectivity index (χ1) is 9.83. The molecule has 0 radical (unpaired) electrons. The molecule has 1 heterocycles. The summed E-state index contributed by atoms with van der Waals surface area (Å²) in [5, 5.41) is 8.82. The zero-order chi connectivity index (χ0) is 14.2. The van der Waals surface area contributed by atoms with E-state index in [2.05, 4.69) is 41.9 Å². The van der Waals surface area contributed by atoms with Gasteiger partial charge >= 0.3 is 0 Å². The SMILES string of the molecule is CCC1CCCN(Cc2ccccc2C#CCCO)C1. The monoisotopic (exact) mass is 271 g/mol. The molecule has 2 heteroatoms. The van der Waals surface area contributed by atoms with Crippen LogP contribution in [0.25, 0.3) is 0 Å². The molecule has 1 atom stereocenters. The van der Waals surface area contributed by atoms with Crippen molar-refractivity contribution >= 4 is 0 Å². The highest BCUT2D eigenvalue weighted by Gasteiger charge is 2.18. The summed E-state index contributed by atoms with van der Waals surface area (Å²) in [6.45, 7) is 5.85. The van der Waals surface area contributed by atoms with E-state index in [1.165, 1.54) is 37.9 Å². The molecular formula is C18H25NO. The van der Waals surface area contributed by atoms with Gasteiger partial charge in [0, 0.05) is 25.1 Å². The fourth-order valence-corrected chi connectivity index (χ4v) is 2.86. The highest BCUT2D eigenvalue weighted by molar-refractivity contribution is 5.41. The van der Waals surface area contributed by atoms with Gasteiger partial charge in [-0.15, -0.1) is 0 Å².